The number of carbonyl (C=O) groups is 1. The van der Waals surface area contributed by atoms with Gasteiger partial charge in [-0.3, -0.25) is 4.79 Å². The Balaban J connectivity index is 1.97. The van der Waals surface area contributed by atoms with Gasteiger partial charge in [0.2, 0.25) is 0 Å². The molecule has 0 atom stereocenters. The third kappa shape index (κ3) is 3.32. The van der Waals surface area contributed by atoms with E-state index >= 15 is 0 Å². The lowest BCUT2D eigenvalue weighted by atomic mass is 9.98. The molecular weight excluding hydrogens is 373 g/mol. The summed E-state index contributed by atoms with van der Waals surface area (Å²) >= 11 is 3.28. The van der Waals surface area contributed by atoms with E-state index in [0.717, 1.165) is 16.6 Å². The maximum absolute atomic E-state index is 12.7. The van der Waals surface area contributed by atoms with Crippen molar-refractivity contribution < 1.29 is 22.7 Å². The summed E-state index contributed by atoms with van der Waals surface area (Å²) in [7, 11) is 0. The number of ketones is 1. The monoisotopic (exact) mass is 382 g/mol. The number of hydrogen-bond donors (Lipinski definition) is 0. The number of hydrogen-bond acceptors (Lipinski definition) is 2. The summed E-state index contributed by atoms with van der Waals surface area (Å²) in [4.78, 5) is 12.5. The second kappa shape index (κ2) is 5.85. The van der Waals surface area contributed by atoms with Crippen LogP contribution in [0.4, 0.5) is 13.2 Å². The second-order valence-corrected chi connectivity index (χ2v) is 5.97. The Morgan fingerprint density at radius 1 is 1.13 bits per heavy atom. The van der Waals surface area contributed by atoms with E-state index < -0.39 is 11.7 Å². The van der Waals surface area contributed by atoms with Crippen LogP contribution in [-0.4, -0.2) is 12.4 Å². The molecule has 0 saturated heterocycles. The van der Waals surface area contributed by atoms with Crippen LogP contribution < -0.4 is 4.74 Å². The Hall–Kier alpha value is -2.08. The number of carbonyl (C=O) groups excluding carboxylic acids is 1. The summed E-state index contributed by atoms with van der Waals surface area (Å²) in [5.74, 6) is 0.226. The molecule has 0 unspecified atom stereocenters. The first-order valence-corrected chi connectivity index (χ1v) is 7.49. The first kappa shape index (κ1) is 15.8. The first-order valence-electron chi connectivity index (χ1n) is 6.69. The van der Waals surface area contributed by atoms with Gasteiger partial charge in [-0.25, -0.2) is 0 Å². The van der Waals surface area contributed by atoms with Gasteiger partial charge in [-0.15, -0.1) is 0 Å². The van der Waals surface area contributed by atoms with Crippen molar-refractivity contribution in [1.82, 2.24) is 0 Å². The van der Waals surface area contributed by atoms with E-state index in [2.05, 4.69) is 15.9 Å². The Kier molecular flexibility index (Phi) is 4.02. The SMILES string of the molecule is O=C1/C(=C/c2cccc(C(F)(F)F)c2)COc2ccc(Br)cc21. The highest BCUT2D eigenvalue weighted by molar-refractivity contribution is 9.10. The van der Waals surface area contributed by atoms with Gasteiger partial charge in [0, 0.05) is 10.0 Å². The predicted molar refractivity (Wildman–Crippen MR) is 83.4 cm³/mol. The number of Topliss-reactive ketones (excluding diaryl/α,β-unsaturated/α-hetero) is 1. The minimum Gasteiger partial charge on any atom is -0.488 e. The Morgan fingerprint density at radius 3 is 2.65 bits per heavy atom. The van der Waals surface area contributed by atoms with Crippen molar-refractivity contribution in [3.8, 4) is 5.75 Å². The fourth-order valence-corrected chi connectivity index (χ4v) is 2.67. The van der Waals surface area contributed by atoms with Gasteiger partial charge in [0.15, 0.2) is 5.78 Å². The normalized spacial score (nSPS) is 16.2. The molecule has 0 saturated carbocycles. The molecule has 6 heteroatoms. The number of rotatable bonds is 1. The van der Waals surface area contributed by atoms with Gasteiger partial charge in [0.25, 0.3) is 0 Å². The van der Waals surface area contributed by atoms with Gasteiger partial charge in [-0.1, -0.05) is 28.1 Å². The molecule has 2 aromatic rings. The summed E-state index contributed by atoms with van der Waals surface area (Å²) in [6.07, 6.45) is -2.99. The average Bonchev–Trinajstić information content (AvgIpc) is 2.50. The molecule has 1 aliphatic heterocycles. The molecule has 0 fully saturated rings. The molecule has 2 aromatic carbocycles. The molecule has 0 radical (unpaired) electrons. The summed E-state index contributed by atoms with van der Waals surface area (Å²) in [6.45, 7) is 0.0315. The highest BCUT2D eigenvalue weighted by Gasteiger charge is 2.30. The van der Waals surface area contributed by atoms with E-state index in [-0.39, 0.29) is 12.4 Å². The standard InChI is InChI=1S/C17H10BrF3O2/c18-13-4-5-15-14(8-13)16(22)11(9-23-15)6-10-2-1-3-12(7-10)17(19,20)21/h1-8H,9H2/b11-6+. The van der Waals surface area contributed by atoms with Gasteiger partial charge in [-0.2, -0.15) is 13.2 Å². The largest absolute Gasteiger partial charge is 0.488 e. The van der Waals surface area contributed by atoms with Crippen molar-refractivity contribution in [3.05, 3.63) is 69.2 Å². The first-order chi connectivity index (χ1) is 10.8. The number of fused-ring (bicyclic) bond motifs is 1. The van der Waals surface area contributed by atoms with E-state index in [4.69, 9.17) is 4.74 Å². The molecule has 2 nitrogen and oxygen atoms in total. The number of alkyl halides is 3. The Labute approximate surface area is 138 Å². The molecule has 1 aliphatic rings. The molecule has 118 valence electrons. The zero-order valence-electron chi connectivity index (χ0n) is 11.7. The highest BCUT2D eigenvalue weighted by atomic mass is 79.9. The molecule has 0 amide bonds. The minimum atomic E-state index is -4.42. The molecule has 0 bridgehead atoms. The smallest absolute Gasteiger partial charge is 0.416 e. The Bertz CT molecular complexity index is 810. The van der Waals surface area contributed by atoms with Gasteiger partial charge >= 0.3 is 6.18 Å². The van der Waals surface area contributed by atoms with E-state index in [0.29, 0.717) is 22.4 Å². The lowest BCUT2D eigenvalue weighted by molar-refractivity contribution is -0.137. The van der Waals surface area contributed by atoms with Crippen LogP contribution in [0.3, 0.4) is 0 Å². The van der Waals surface area contributed by atoms with Gasteiger partial charge in [0.05, 0.1) is 11.1 Å². The van der Waals surface area contributed by atoms with Crippen LogP contribution in [-0.2, 0) is 6.18 Å². The van der Waals surface area contributed by atoms with Crippen LogP contribution in [0.15, 0.2) is 52.5 Å². The van der Waals surface area contributed by atoms with Crippen molar-refractivity contribution in [2.45, 2.75) is 6.18 Å². The van der Waals surface area contributed by atoms with Crippen LogP contribution in [0, 0.1) is 0 Å². The minimum absolute atomic E-state index is 0.0315. The van der Waals surface area contributed by atoms with Crippen molar-refractivity contribution in [1.29, 1.82) is 0 Å². The number of halogens is 4. The third-order valence-electron chi connectivity index (χ3n) is 3.42. The number of benzene rings is 2. The van der Waals surface area contributed by atoms with Gasteiger partial charge in [0.1, 0.15) is 12.4 Å². The maximum atomic E-state index is 12.7. The summed E-state index contributed by atoms with van der Waals surface area (Å²) in [6, 6.07) is 9.91. The molecular formula is C17H10BrF3O2. The highest BCUT2D eigenvalue weighted by Crippen LogP contribution is 2.32. The second-order valence-electron chi connectivity index (χ2n) is 5.05. The topological polar surface area (TPSA) is 26.3 Å². The average molecular weight is 383 g/mol. The van der Waals surface area contributed by atoms with Crippen molar-refractivity contribution >= 4 is 27.8 Å². The molecule has 23 heavy (non-hydrogen) atoms. The molecule has 0 spiro atoms. The van der Waals surface area contributed by atoms with Crippen LogP contribution >= 0.6 is 15.9 Å². The molecule has 0 N–H and O–H groups in total. The quantitative estimate of drug-likeness (QED) is 0.639. The zero-order chi connectivity index (χ0) is 16.6. The van der Waals surface area contributed by atoms with Gasteiger partial charge < -0.3 is 4.74 Å². The van der Waals surface area contributed by atoms with E-state index in [1.54, 1.807) is 18.2 Å². The Morgan fingerprint density at radius 2 is 1.91 bits per heavy atom. The fraction of sp³-hybridized carbons (Fsp3) is 0.118. The summed E-state index contributed by atoms with van der Waals surface area (Å²) < 4.78 is 44.5. The molecule has 0 aromatic heterocycles. The van der Waals surface area contributed by atoms with Crippen molar-refractivity contribution in [2.24, 2.45) is 0 Å². The predicted octanol–water partition coefficient (Wildman–Crippen LogP) is 5.13. The van der Waals surface area contributed by atoms with Crippen LogP contribution in [0.25, 0.3) is 6.08 Å². The summed E-state index contributed by atoms with van der Waals surface area (Å²) in [5, 5.41) is 0. The van der Waals surface area contributed by atoms with Crippen LogP contribution in [0.5, 0.6) is 5.75 Å². The lowest BCUT2D eigenvalue weighted by Gasteiger charge is -2.19. The van der Waals surface area contributed by atoms with Crippen molar-refractivity contribution in [2.75, 3.05) is 6.61 Å². The molecule has 3 rings (SSSR count). The van der Waals surface area contributed by atoms with E-state index in [1.807, 2.05) is 0 Å². The van der Waals surface area contributed by atoms with Crippen LogP contribution in [0.2, 0.25) is 0 Å². The molecule has 0 aliphatic carbocycles. The fourth-order valence-electron chi connectivity index (χ4n) is 2.31. The van der Waals surface area contributed by atoms with Crippen LogP contribution in [0.1, 0.15) is 21.5 Å². The molecule has 1 heterocycles. The van der Waals surface area contributed by atoms with Gasteiger partial charge in [-0.05, 0) is 42.0 Å². The number of ether oxygens (including phenoxy) is 1. The lowest BCUT2D eigenvalue weighted by Crippen LogP contribution is -2.19. The van der Waals surface area contributed by atoms with Crippen molar-refractivity contribution in [3.63, 3.8) is 0 Å². The van der Waals surface area contributed by atoms with E-state index in [1.165, 1.54) is 18.2 Å². The summed E-state index contributed by atoms with van der Waals surface area (Å²) in [5.41, 5.74) is 0.267. The third-order valence-corrected chi connectivity index (χ3v) is 3.91. The zero-order valence-corrected chi connectivity index (χ0v) is 13.2. The maximum Gasteiger partial charge on any atom is 0.416 e. The van der Waals surface area contributed by atoms with E-state index in [9.17, 15) is 18.0 Å².